The SMILES string of the molecule is [2H]C.[2H]C.[2H]C.[2H]C.[2H]C.[2H]C.[2H]C.[2H][2H].[2H][2H].[2H][2H].[2H][2H].[2H][2H].[2H][2H].[2H][2H].[2H][2H].[2H][2H].[2H][2H].[2H][2H].[2H][2H].[2H][2H].[2H][2H].c1ccc(-c2cc(-c3c4ccccc4c(-c4ccccc4)c4ccccc34)c3c(c2)oc2ccccc23)cc1.c1ccc(-c2cc(-c3ccc(-c4c5ccccc5c(-c5ccccc5)c5ccccc45)cc3)c3c(c2)oc2ccccc23)cc1.c1ccc(-c2ccc3c(c2)oc2cc(-c4ccccc4)cc(-c4c5ccccc5c(-c5ccccc5)c5ccccc45)c23)cc1. The van der Waals surface area contributed by atoms with E-state index in [1.807, 2.05) is 12.1 Å². The molecule has 0 saturated heterocycles. The second-order valence-corrected chi connectivity index (χ2v) is 33.4. The molecule has 136 heavy (non-hydrogen) atoms. The lowest BCUT2D eigenvalue weighted by Gasteiger charge is -2.19. The van der Waals surface area contributed by atoms with Gasteiger partial charge in [0.05, 0.1) is 0 Å². The van der Waals surface area contributed by atoms with Crippen LogP contribution in [0.1, 0.15) is 103 Å². The smallest absolute Gasteiger partial charge is 0.136 e. The fourth-order valence-electron chi connectivity index (χ4n) is 20.3. The normalized spacial score (nSPS) is 12.2. The van der Waals surface area contributed by atoms with Crippen LogP contribution in [0.15, 0.2) is 499 Å². The fraction of sp³-hybridized carbons (Fsp3) is 0.0526. The van der Waals surface area contributed by atoms with E-state index in [-0.39, 0.29) is 0 Å². The third-order valence-electron chi connectivity index (χ3n) is 26.0. The predicted octanol–water partition coefficient (Wildman–Crippen LogP) is 43.9. The van der Waals surface area contributed by atoms with Crippen LogP contribution in [-0.4, -0.2) is 0 Å². The summed E-state index contributed by atoms with van der Waals surface area (Å²) >= 11 is 0. The fourth-order valence-corrected chi connectivity index (χ4v) is 20.3. The Labute approximate surface area is 850 Å². The molecule has 0 atom stereocenters. The minimum atomic E-state index is 0.895. The summed E-state index contributed by atoms with van der Waals surface area (Å²) in [7, 11) is 8.75. The Hall–Kier alpha value is -17.0. The van der Waals surface area contributed by atoms with Gasteiger partial charge in [-0.2, -0.15) is 0 Å². The third-order valence-corrected chi connectivity index (χ3v) is 26.0. The second-order valence-electron chi connectivity index (χ2n) is 33.4. The van der Waals surface area contributed by atoms with E-state index in [1.54, 1.807) is 0 Å². The van der Waals surface area contributed by atoms with Crippen molar-refractivity contribution in [1.29, 1.82) is 0 Å². The molecule has 686 valence electrons. The van der Waals surface area contributed by atoms with E-state index in [9.17, 15) is 0 Å². The summed E-state index contributed by atoms with van der Waals surface area (Å²) in [5.41, 5.74) is 31.9. The van der Waals surface area contributed by atoms with Crippen molar-refractivity contribution in [2.45, 2.75) is 51.8 Å². The molecule has 0 aliphatic rings. The largest absolute Gasteiger partial charge is 0.456 e. The first-order valence-corrected chi connectivity index (χ1v) is 44.2. The van der Waals surface area contributed by atoms with E-state index in [0.29, 0.717) is 0 Å². The number of para-hydroxylation sites is 2. The Balaban J connectivity index is 0.000000568. The summed E-state index contributed by atoms with van der Waals surface area (Å²) < 4.78 is 200. The Bertz CT molecular complexity index is 8750. The van der Waals surface area contributed by atoms with Gasteiger partial charge < -0.3 is 13.3 Å². The first-order chi connectivity index (χ1) is 85.0. The van der Waals surface area contributed by atoms with Crippen LogP contribution in [0.25, 0.3) is 253 Å². The lowest BCUT2D eigenvalue weighted by atomic mass is 9.84. The van der Waals surface area contributed by atoms with Crippen LogP contribution in [0.4, 0.5) is 0 Å². The van der Waals surface area contributed by atoms with E-state index >= 15 is 0 Å². The summed E-state index contributed by atoms with van der Waals surface area (Å²) in [5, 5.41) is 21.9. The van der Waals surface area contributed by atoms with Crippen molar-refractivity contribution in [1.82, 2.24) is 0 Å². The highest BCUT2D eigenvalue weighted by molar-refractivity contribution is 6.29. The van der Waals surface area contributed by atoms with Crippen molar-refractivity contribution in [3.05, 3.63) is 485 Å². The van der Waals surface area contributed by atoms with Gasteiger partial charge in [0.1, 0.15) is 33.5 Å². The summed E-state index contributed by atoms with van der Waals surface area (Å²) in [6.07, 6.45) is 0. The van der Waals surface area contributed by atoms with Crippen molar-refractivity contribution in [2.24, 2.45) is 0 Å². The number of fused-ring (bicyclic) bond motifs is 15. The van der Waals surface area contributed by atoms with E-state index in [0.717, 1.165) is 88.1 Å². The molecule has 0 unspecified atom stereocenters. The number of rotatable bonds is 11. The molecule has 3 aromatic heterocycles. The van der Waals surface area contributed by atoms with Gasteiger partial charge in [-0.05, 0) is 248 Å². The molecule has 23 aromatic carbocycles. The molecule has 3 heteroatoms. The molecular weight excluding hydrogens is 1650 g/mol. The average Bonchev–Trinajstić information content (AvgIpc) is 1.70. The number of hydrogen-bond acceptors (Lipinski definition) is 3. The van der Waals surface area contributed by atoms with Crippen molar-refractivity contribution in [2.75, 3.05) is 0 Å². The highest BCUT2D eigenvalue weighted by Gasteiger charge is 2.27. The van der Waals surface area contributed by atoms with Gasteiger partial charge >= 0.3 is 0 Å². The van der Waals surface area contributed by atoms with E-state index in [1.165, 1.54) is 217 Å². The molecule has 0 fully saturated rings. The summed E-state index contributed by atoms with van der Waals surface area (Å²) in [5.74, 6) is 0. The van der Waals surface area contributed by atoms with Gasteiger partial charge in [0.2, 0.25) is 0 Å². The van der Waals surface area contributed by atoms with Gasteiger partial charge in [-0.3, -0.25) is 0 Å². The number of furan rings is 3. The van der Waals surface area contributed by atoms with E-state index < -0.39 is 0 Å². The quantitative estimate of drug-likeness (QED) is 0.121. The van der Waals surface area contributed by atoms with Crippen molar-refractivity contribution < 1.29 is 64.4 Å². The maximum Gasteiger partial charge on any atom is 0.136 e. The van der Waals surface area contributed by atoms with Crippen LogP contribution in [0.2, 0.25) is 0 Å². The topological polar surface area (TPSA) is 39.4 Å². The Morgan fingerprint density at radius 3 is 0.603 bits per heavy atom. The molecule has 0 aliphatic carbocycles. The van der Waals surface area contributed by atoms with E-state index in [4.69, 9.17) is 64.4 Å². The molecule has 0 N–H and O–H groups in total. The molecule has 0 aliphatic heterocycles. The first kappa shape index (κ1) is 68.1. The molecule has 0 amide bonds. The minimum absolute atomic E-state index is 0.895. The van der Waals surface area contributed by atoms with Crippen LogP contribution in [0.3, 0.4) is 0 Å². The minimum Gasteiger partial charge on any atom is -0.456 e. The van der Waals surface area contributed by atoms with Gasteiger partial charge in [-0.25, -0.2) is 0 Å². The number of benzene rings is 23. The average molecular weight is 1820 g/mol. The van der Waals surface area contributed by atoms with Crippen LogP contribution in [-0.2, 0) is 0 Å². The molecule has 26 rings (SSSR count). The summed E-state index contributed by atoms with van der Waals surface area (Å²) in [6, 6.07) is 174. The van der Waals surface area contributed by atoms with Gasteiger partial charge in [0.15, 0.2) is 0 Å². The van der Waals surface area contributed by atoms with Crippen molar-refractivity contribution >= 4 is 130 Å². The zero-order valence-electron chi connectivity index (χ0n) is 112. The van der Waals surface area contributed by atoms with Crippen molar-refractivity contribution in [3.8, 4) is 122 Å². The molecule has 3 heterocycles. The molecule has 3 nitrogen and oxygen atoms in total. The highest BCUT2D eigenvalue weighted by Crippen LogP contribution is 2.53. The molecule has 0 radical (unpaired) electrons. The Morgan fingerprint density at radius 2 is 0.316 bits per heavy atom. The van der Waals surface area contributed by atoms with Crippen LogP contribution < -0.4 is 0 Å². The Kier molecular flexibility index (Phi) is 19.4. The summed E-state index contributed by atoms with van der Waals surface area (Å²) in [4.78, 5) is 0. The highest BCUT2D eigenvalue weighted by atomic mass is 16.3. The summed E-state index contributed by atoms with van der Waals surface area (Å²) in [6.45, 7) is 0. The maximum atomic E-state index is 6.76. The van der Waals surface area contributed by atoms with Gasteiger partial charge in [0, 0.05) is 83.5 Å². The molecule has 26 aromatic rings. The lowest BCUT2D eigenvalue weighted by molar-refractivity contribution is 0.669. The van der Waals surface area contributed by atoms with Crippen LogP contribution in [0, 0.1) is 0 Å². The Morgan fingerprint density at radius 1 is 0.132 bits per heavy atom. The van der Waals surface area contributed by atoms with Crippen molar-refractivity contribution in [3.63, 3.8) is 0 Å². The zero-order chi connectivity index (χ0) is 127. The third kappa shape index (κ3) is 16.0. The number of hydrogen-bond donors (Lipinski definition) is 0. The maximum absolute atomic E-state index is 6.76. The van der Waals surface area contributed by atoms with Gasteiger partial charge in [-0.15, -0.1) is 0 Å². The lowest BCUT2D eigenvalue weighted by Crippen LogP contribution is -1.92. The van der Waals surface area contributed by atoms with Crippen LogP contribution in [0.5, 0.6) is 0 Å². The monoisotopic (exact) mass is 1820 g/mol. The predicted molar refractivity (Wildman–Crippen MR) is 623 cm³/mol. The standard InChI is InChI=1S/2C44H28O.C38H24O.7CH4.14H2/c1-4-14-29(15-5-1)32-24-25-38-40(27-32)45-41-28-33(30-16-6-2-7-17-30)26-39(44(38)41)43-36-22-12-10-20-34(36)42(31-18-8-3-9-19-31)35-21-11-13-23-37(35)43;1-3-13-29(14-4-1)33-27-39(44-38-21-11-12-22-40(38)45-41(44)28-33)30-23-25-32(26-24-30)43-36-19-9-7-17-34(36)42(31-15-5-2-6-16-31)35-18-8-10-20-37(35)43;1-3-13-25(14-4-1)27-23-33(38-32-21-11-12-22-34(32)39-35(38)24-27)37-30-19-9-7-17-28(30)36(26-15-5-2-6-16-26)29-18-8-10-20-31(29)37;;;;;;;;;;;;;;;;;;;;;/h2*1-28H;1-24H;7*1H4;14*1H/i;;;7*1D;14*1+1D. The van der Waals surface area contributed by atoms with E-state index in [2.05, 4.69) is 473 Å². The molecule has 0 spiro atoms. The molecule has 0 bridgehead atoms. The first-order valence-electron chi connectivity index (χ1n) is 65.2. The molecule has 0 saturated carbocycles. The molecular formula is C133H136O3. The van der Waals surface area contributed by atoms with Gasteiger partial charge in [0.25, 0.3) is 0 Å². The van der Waals surface area contributed by atoms with Crippen LogP contribution >= 0.6 is 0 Å². The van der Waals surface area contributed by atoms with Gasteiger partial charge in [-0.1, -0.05) is 476 Å². The zero-order valence-corrected chi connectivity index (χ0v) is 77.4. The second kappa shape index (κ2) is 38.8.